The molecule has 0 amide bonds. The van der Waals surface area contributed by atoms with Crippen molar-refractivity contribution in [2.75, 3.05) is 0 Å². The molecule has 0 atom stereocenters. The molecular weight excluding hydrogens is 689 g/mol. The molecule has 0 N–H and O–H groups in total. The van der Waals surface area contributed by atoms with Crippen LogP contribution in [0.3, 0.4) is 0 Å². The SMILES string of the molecule is c1ccc(Cc2cc3cc(c2)Oc2cc(Cc4ccccc4)cc(c2)Oc2cc(Cc4ccccc4)cc(c2)Oc2cc(Cc4ccccc4)cc(c2)O3)cc1. The van der Waals surface area contributed by atoms with Crippen molar-refractivity contribution >= 4 is 0 Å². The van der Waals surface area contributed by atoms with Crippen molar-refractivity contribution in [3.63, 3.8) is 0 Å². The van der Waals surface area contributed by atoms with Gasteiger partial charge < -0.3 is 18.9 Å². The second-order valence-corrected chi connectivity index (χ2v) is 14.3. The van der Waals surface area contributed by atoms with Crippen LogP contribution in [0, 0.1) is 0 Å². The first-order valence-corrected chi connectivity index (χ1v) is 19.0. The minimum atomic E-state index is 0.674. The summed E-state index contributed by atoms with van der Waals surface area (Å²) in [5.74, 6) is 5.39. The molecule has 0 unspecified atom stereocenters. The maximum absolute atomic E-state index is 6.75. The van der Waals surface area contributed by atoms with Crippen LogP contribution in [0.5, 0.6) is 46.0 Å². The molecule has 0 saturated heterocycles. The average Bonchev–Trinajstić information content (AvgIpc) is 3.19. The third-order valence-electron chi connectivity index (χ3n) is 9.71. The molecular formula is C52H40O4. The smallest absolute Gasteiger partial charge is 0.131 e. The van der Waals surface area contributed by atoms with Crippen molar-refractivity contribution < 1.29 is 18.9 Å². The van der Waals surface area contributed by atoms with E-state index in [1.54, 1.807) is 0 Å². The largest absolute Gasteiger partial charge is 0.457 e. The summed E-state index contributed by atoms with van der Waals surface area (Å²) in [5.41, 5.74) is 9.08. The highest BCUT2D eigenvalue weighted by atomic mass is 16.5. The fourth-order valence-corrected chi connectivity index (χ4v) is 7.27. The van der Waals surface area contributed by atoms with Gasteiger partial charge in [-0.15, -0.1) is 0 Å². The Balaban J connectivity index is 1.17. The molecule has 0 spiro atoms. The molecule has 4 heteroatoms. The first-order chi connectivity index (χ1) is 27.6. The van der Waals surface area contributed by atoms with E-state index in [4.69, 9.17) is 18.9 Å². The summed E-state index contributed by atoms with van der Waals surface area (Å²) < 4.78 is 27.0. The predicted molar refractivity (Wildman–Crippen MR) is 223 cm³/mol. The zero-order valence-corrected chi connectivity index (χ0v) is 30.9. The lowest BCUT2D eigenvalue weighted by atomic mass is 10.0. The van der Waals surface area contributed by atoms with E-state index in [0.717, 1.165) is 47.9 Å². The van der Waals surface area contributed by atoms with E-state index in [0.29, 0.717) is 46.0 Å². The van der Waals surface area contributed by atoms with E-state index in [1.807, 2.05) is 48.5 Å². The lowest BCUT2D eigenvalue weighted by Gasteiger charge is -2.18. The van der Waals surface area contributed by atoms with E-state index >= 15 is 0 Å². The maximum atomic E-state index is 6.75. The molecule has 9 rings (SSSR count). The van der Waals surface area contributed by atoms with Gasteiger partial charge in [-0.1, -0.05) is 121 Å². The first-order valence-electron chi connectivity index (χ1n) is 19.0. The summed E-state index contributed by atoms with van der Waals surface area (Å²) in [4.78, 5) is 0. The minimum absolute atomic E-state index is 0.674. The number of hydrogen-bond donors (Lipinski definition) is 0. The highest BCUT2D eigenvalue weighted by Gasteiger charge is 2.15. The zero-order chi connectivity index (χ0) is 37.5. The summed E-state index contributed by atoms with van der Waals surface area (Å²) in [6, 6.07) is 66.3. The topological polar surface area (TPSA) is 36.9 Å². The van der Waals surface area contributed by atoms with Crippen molar-refractivity contribution in [2.24, 2.45) is 0 Å². The number of hydrogen-bond acceptors (Lipinski definition) is 4. The summed E-state index contributed by atoms with van der Waals surface area (Å²) in [6.07, 6.45) is 2.89. The maximum Gasteiger partial charge on any atom is 0.131 e. The molecule has 0 aliphatic carbocycles. The Morgan fingerprint density at radius 3 is 0.554 bits per heavy atom. The summed E-state index contributed by atoms with van der Waals surface area (Å²) in [5, 5.41) is 0. The lowest BCUT2D eigenvalue weighted by molar-refractivity contribution is 0.437. The Hall–Kier alpha value is -7.04. The molecule has 272 valence electrons. The second kappa shape index (κ2) is 16.1. The molecule has 1 aliphatic rings. The molecule has 1 aliphatic heterocycles. The minimum Gasteiger partial charge on any atom is -0.457 e. The molecule has 0 fully saturated rings. The van der Waals surface area contributed by atoms with Gasteiger partial charge in [0.15, 0.2) is 0 Å². The fraction of sp³-hybridized carbons (Fsp3) is 0.0769. The van der Waals surface area contributed by atoms with Gasteiger partial charge in [-0.2, -0.15) is 0 Å². The summed E-state index contributed by atoms with van der Waals surface area (Å²) >= 11 is 0. The Morgan fingerprint density at radius 1 is 0.196 bits per heavy atom. The highest BCUT2D eigenvalue weighted by molar-refractivity contribution is 5.51. The number of fused-ring (bicyclic) bond motifs is 8. The van der Waals surface area contributed by atoms with Gasteiger partial charge in [0.05, 0.1) is 0 Å². The van der Waals surface area contributed by atoms with Crippen LogP contribution in [-0.2, 0) is 25.7 Å². The van der Waals surface area contributed by atoms with Gasteiger partial charge in [-0.05, 0) is 119 Å². The van der Waals surface area contributed by atoms with Gasteiger partial charge in [0.1, 0.15) is 46.0 Å². The molecule has 56 heavy (non-hydrogen) atoms. The van der Waals surface area contributed by atoms with Crippen molar-refractivity contribution in [3.8, 4) is 46.0 Å². The third-order valence-corrected chi connectivity index (χ3v) is 9.71. The van der Waals surface area contributed by atoms with Crippen LogP contribution in [0.2, 0.25) is 0 Å². The van der Waals surface area contributed by atoms with Crippen molar-refractivity contribution in [2.45, 2.75) is 25.7 Å². The van der Waals surface area contributed by atoms with Crippen molar-refractivity contribution in [1.29, 1.82) is 0 Å². The van der Waals surface area contributed by atoms with Crippen molar-refractivity contribution in [3.05, 3.63) is 239 Å². The average molecular weight is 729 g/mol. The number of ether oxygens (including phenoxy) is 4. The fourth-order valence-electron chi connectivity index (χ4n) is 7.27. The van der Waals surface area contributed by atoms with Crippen LogP contribution in [0.15, 0.2) is 194 Å². The van der Waals surface area contributed by atoms with Gasteiger partial charge in [0.2, 0.25) is 0 Å². The zero-order valence-electron chi connectivity index (χ0n) is 30.9. The van der Waals surface area contributed by atoms with E-state index < -0.39 is 0 Å². The molecule has 0 saturated carbocycles. The molecule has 4 nitrogen and oxygen atoms in total. The Bertz CT molecular complexity index is 2120. The van der Waals surface area contributed by atoms with Gasteiger partial charge in [0.25, 0.3) is 0 Å². The van der Waals surface area contributed by atoms with Crippen molar-refractivity contribution in [1.82, 2.24) is 0 Å². The molecule has 8 aromatic carbocycles. The van der Waals surface area contributed by atoms with Crippen LogP contribution < -0.4 is 18.9 Å². The van der Waals surface area contributed by atoms with Gasteiger partial charge >= 0.3 is 0 Å². The summed E-state index contributed by atoms with van der Waals surface area (Å²) in [6.45, 7) is 0. The van der Waals surface area contributed by atoms with E-state index in [9.17, 15) is 0 Å². The molecule has 8 aromatic rings. The first kappa shape index (κ1) is 34.7. The van der Waals surface area contributed by atoms with Gasteiger partial charge in [-0.3, -0.25) is 0 Å². The van der Waals surface area contributed by atoms with Gasteiger partial charge in [0, 0.05) is 24.3 Å². The third kappa shape index (κ3) is 9.00. The monoisotopic (exact) mass is 728 g/mol. The van der Waals surface area contributed by atoms with E-state index in [-0.39, 0.29) is 0 Å². The lowest BCUT2D eigenvalue weighted by Crippen LogP contribution is -1.98. The molecule has 0 aromatic heterocycles. The Kier molecular flexibility index (Phi) is 10.0. The number of rotatable bonds is 8. The normalized spacial score (nSPS) is 11.7. The summed E-state index contributed by atoms with van der Waals surface area (Å²) in [7, 11) is 0. The Morgan fingerprint density at radius 2 is 0.375 bits per heavy atom. The van der Waals surface area contributed by atoms with Gasteiger partial charge in [-0.25, -0.2) is 0 Å². The van der Waals surface area contributed by atoms with Crippen LogP contribution >= 0.6 is 0 Å². The van der Waals surface area contributed by atoms with Crippen LogP contribution in [0.4, 0.5) is 0 Å². The van der Waals surface area contributed by atoms with Crippen LogP contribution in [-0.4, -0.2) is 0 Å². The van der Waals surface area contributed by atoms with Crippen LogP contribution in [0.1, 0.15) is 44.5 Å². The van der Waals surface area contributed by atoms with Crippen LogP contribution in [0.25, 0.3) is 0 Å². The Labute approximate surface area is 328 Å². The predicted octanol–water partition coefficient (Wildman–Crippen LogP) is 13.5. The molecule has 1 heterocycles. The second-order valence-electron chi connectivity index (χ2n) is 14.3. The standard InChI is InChI=1S/C52H40O4/c1-5-13-37(14-6-1)21-41-25-45-33-46(26-41)54-48-28-43(23-39-17-9-3-10-18-39)30-50(35-48)56-52-32-44(24-40-19-11-4-12-20-40)31-51(36-52)55-49-29-42(27-47(34-49)53-45)22-38-15-7-2-8-16-38/h1-20,25-36H,21-24H2. The number of benzene rings is 8. The highest BCUT2D eigenvalue weighted by Crippen LogP contribution is 2.39. The molecule has 0 radical (unpaired) electrons. The van der Waals surface area contributed by atoms with E-state index in [1.165, 1.54) is 22.3 Å². The quantitative estimate of drug-likeness (QED) is 0.156. The van der Waals surface area contributed by atoms with E-state index in [2.05, 4.69) is 146 Å². The molecule has 8 bridgehead atoms.